The molecule has 1 aliphatic heterocycles. The van der Waals surface area contributed by atoms with Crippen LogP contribution in [0.5, 0.6) is 5.75 Å². The molecule has 1 fully saturated rings. The number of nitrogens with zero attached hydrogens (tertiary/aromatic N) is 1. The van der Waals surface area contributed by atoms with Crippen molar-refractivity contribution in [2.75, 3.05) is 13.2 Å². The van der Waals surface area contributed by atoms with Crippen LogP contribution in [0.4, 0.5) is 4.79 Å². The minimum absolute atomic E-state index is 0.170. The van der Waals surface area contributed by atoms with Crippen LogP contribution in [0.2, 0.25) is 0 Å². The fraction of sp³-hybridized carbons (Fsp3) is 0.333. The van der Waals surface area contributed by atoms with Crippen molar-refractivity contribution >= 4 is 40.9 Å². The van der Waals surface area contributed by atoms with Gasteiger partial charge in [-0.05, 0) is 41.5 Å². The normalized spacial score (nSPS) is 15.7. The van der Waals surface area contributed by atoms with E-state index in [0.717, 1.165) is 16.7 Å². The van der Waals surface area contributed by atoms with E-state index in [1.54, 1.807) is 30.3 Å². The summed E-state index contributed by atoms with van der Waals surface area (Å²) in [7, 11) is 0. The summed E-state index contributed by atoms with van der Waals surface area (Å²) < 4.78 is 9.94. The SMILES string of the molecule is CC(=O)Oc1ccc(/C=C2/SC(=O)N(CC(=O)OCC(C)C)C2=O)cc1. The summed E-state index contributed by atoms with van der Waals surface area (Å²) in [6.07, 6.45) is 1.54. The van der Waals surface area contributed by atoms with E-state index in [1.165, 1.54) is 6.92 Å². The molecule has 2 rings (SSSR count). The number of amides is 2. The first kappa shape index (κ1) is 19.7. The molecule has 1 aliphatic rings. The Morgan fingerprint density at radius 3 is 2.42 bits per heavy atom. The Bertz CT molecular complexity index is 753. The zero-order valence-corrected chi connectivity index (χ0v) is 15.5. The molecule has 0 atom stereocenters. The lowest BCUT2D eigenvalue weighted by atomic mass is 10.2. The molecule has 8 heteroatoms. The lowest BCUT2D eigenvalue weighted by molar-refractivity contribution is -0.147. The lowest BCUT2D eigenvalue weighted by Gasteiger charge is -2.12. The van der Waals surface area contributed by atoms with Crippen molar-refractivity contribution in [2.45, 2.75) is 20.8 Å². The molecule has 0 aromatic heterocycles. The van der Waals surface area contributed by atoms with E-state index in [1.807, 2.05) is 13.8 Å². The third-order valence-corrected chi connectivity index (χ3v) is 4.09. The average Bonchev–Trinajstić information content (AvgIpc) is 2.82. The van der Waals surface area contributed by atoms with Crippen LogP contribution < -0.4 is 4.74 Å². The number of carbonyl (C=O) groups excluding carboxylic acids is 4. The second kappa shape index (κ2) is 8.66. The Kier molecular flexibility index (Phi) is 6.57. The van der Waals surface area contributed by atoms with Gasteiger partial charge < -0.3 is 9.47 Å². The topological polar surface area (TPSA) is 90.0 Å². The Labute approximate surface area is 155 Å². The summed E-state index contributed by atoms with van der Waals surface area (Å²) in [5, 5.41) is -0.515. The van der Waals surface area contributed by atoms with Gasteiger partial charge in [-0.25, -0.2) is 0 Å². The van der Waals surface area contributed by atoms with Crippen molar-refractivity contribution in [3.8, 4) is 5.75 Å². The van der Waals surface area contributed by atoms with E-state index in [-0.39, 0.29) is 17.4 Å². The number of ether oxygens (including phenoxy) is 2. The van der Waals surface area contributed by atoms with Gasteiger partial charge >= 0.3 is 11.9 Å². The summed E-state index contributed by atoms with van der Waals surface area (Å²) in [6, 6.07) is 6.48. The van der Waals surface area contributed by atoms with Crippen LogP contribution in [0, 0.1) is 5.92 Å². The van der Waals surface area contributed by atoms with Crippen LogP contribution in [0.1, 0.15) is 26.3 Å². The average molecular weight is 377 g/mol. The summed E-state index contributed by atoms with van der Waals surface area (Å²) in [5.41, 5.74) is 0.661. The first-order valence-electron chi connectivity index (χ1n) is 7.95. The Hall–Kier alpha value is -2.61. The number of hydrogen-bond donors (Lipinski definition) is 0. The highest BCUT2D eigenvalue weighted by molar-refractivity contribution is 8.18. The third kappa shape index (κ3) is 5.45. The maximum atomic E-state index is 12.3. The van der Waals surface area contributed by atoms with Crippen molar-refractivity contribution in [1.82, 2.24) is 4.90 Å². The highest BCUT2D eigenvalue weighted by atomic mass is 32.2. The molecule has 138 valence electrons. The van der Waals surface area contributed by atoms with Crippen LogP contribution >= 0.6 is 11.8 Å². The number of thioether (sulfide) groups is 1. The van der Waals surface area contributed by atoms with Crippen molar-refractivity contribution < 1.29 is 28.7 Å². The molecule has 0 aliphatic carbocycles. The molecule has 0 radical (unpaired) electrons. The van der Waals surface area contributed by atoms with Crippen molar-refractivity contribution in [2.24, 2.45) is 5.92 Å². The van der Waals surface area contributed by atoms with E-state index in [9.17, 15) is 19.2 Å². The molecular formula is C18H19NO6S. The molecule has 1 saturated heterocycles. The van der Waals surface area contributed by atoms with E-state index in [2.05, 4.69) is 0 Å². The molecule has 0 N–H and O–H groups in total. The van der Waals surface area contributed by atoms with Gasteiger partial charge in [-0.3, -0.25) is 24.1 Å². The minimum Gasteiger partial charge on any atom is -0.464 e. The van der Waals surface area contributed by atoms with Gasteiger partial charge in [0.2, 0.25) is 0 Å². The van der Waals surface area contributed by atoms with Crippen molar-refractivity contribution in [1.29, 1.82) is 0 Å². The monoisotopic (exact) mass is 377 g/mol. The summed E-state index contributed by atoms with van der Waals surface area (Å²) >= 11 is 0.763. The molecule has 26 heavy (non-hydrogen) atoms. The first-order valence-corrected chi connectivity index (χ1v) is 8.77. The fourth-order valence-electron chi connectivity index (χ4n) is 2.02. The van der Waals surface area contributed by atoms with E-state index >= 15 is 0 Å². The second-order valence-corrected chi connectivity index (χ2v) is 7.00. The highest BCUT2D eigenvalue weighted by Gasteiger charge is 2.36. The van der Waals surface area contributed by atoms with Gasteiger partial charge in [0.05, 0.1) is 11.5 Å². The maximum absolute atomic E-state index is 12.3. The van der Waals surface area contributed by atoms with Gasteiger partial charge in [-0.2, -0.15) is 0 Å². The summed E-state index contributed by atoms with van der Waals surface area (Å²) in [5.74, 6) is -1.03. The Morgan fingerprint density at radius 2 is 1.85 bits per heavy atom. The van der Waals surface area contributed by atoms with Gasteiger partial charge in [-0.1, -0.05) is 26.0 Å². The standard InChI is InChI=1S/C18H19NO6S/c1-11(2)10-24-16(21)9-19-17(22)15(26-18(19)23)8-13-4-6-14(7-5-13)25-12(3)20/h4-8,11H,9-10H2,1-3H3/b15-8+. The van der Waals surface area contributed by atoms with Crippen LogP contribution in [-0.4, -0.2) is 41.1 Å². The summed E-state index contributed by atoms with van der Waals surface area (Å²) in [4.78, 5) is 48.1. The van der Waals surface area contributed by atoms with E-state index in [4.69, 9.17) is 9.47 Å². The number of carbonyl (C=O) groups is 4. The number of esters is 2. The van der Waals surface area contributed by atoms with Gasteiger partial charge in [-0.15, -0.1) is 0 Å². The lowest BCUT2D eigenvalue weighted by Crippen LogP contribution is -2.34. The summed E-state index contributed by atoms with van der Waals surface area (Å²) in [6.45, 7) is 4.92. The molecule has 0 saturated carbocycles. The molecule has 0 unspecified atom stereocenters. The van der Waals surface area contributed by atoms with Crippen molar-refractivity contribution in [3.05, 3.63) is 34.7 Å². The van der Waals surface area contributed by atoms with Crippen LogP contribution in [0.25, 0.3) is 6.08 Å². The molecule has 0 bridgehead atoms. The molecule has 1 heterocycles. The Morgan fingerprint density at radius 1 is 1.19 bits per heavy atom. The fourth-order valence-corrected chi connectivity index (χ4v) is 2.86. The third-order valence-electron chi connectivity index (χ3n) is 3.18. The predicted octanol–water partition coefficient (Wildman–Crippen LogP) is 2.85. The van der Waals surface area contributed by atoms with Gasteiger partial charge in [0.15, 0.2) is 0 Å². The molecule has 1 aromatic carbocycles. The van der Waals surface area contributed by atoms with Gasteiger partial charge in [0.25, 0.3) is 11.1 Å². The van der Waals surface area contributed by atoms with E-state index in [0.29, 0.717) is 11.3 Å². The Balaban J connectivity index is 2.04. The van der Waals surface area contributed by atoms with Crippen molar-refractivity contribution in [3.63, 3.8) is 0 Å². The molecule has 2 amide bonds. The highest BCUT2D eigenvalue weighted by Crippen LogP contribution is 2.32. The van der Waals surface area contributed by atoms with Gasteiger partial charge in [0.1, 0.15) is 12.3 Å². The molecular weight excluding hydrogens is 358 g/mol. The minimum atomic E-state index is -0.618. The smallest absolute Gasteiger partial charge is 0.326 e. The molecule has 1 aromatic rings. The maximum Gasteiger partial charge on any atom is 0.326 e. The quantitative estimate of drug-likeness (QED) is 0.428. The largest absolute Gasteiger partial charge is 0.464 e. The molecule has 7 nitrogen and oxygen atoms in total. The zero-order chi connectivity index (χ0) is 19.3. The van der Waals surface area contributed by atoms with Crippen LogP contribution in [-0.2, 0) is 19.1 Å². The number of rotatable bonds is 6. The second-order valence-electron chi connectivity index (χ2n) is 6.01. The van der Waals surface area contributed by atoms with Gasteiger partial charge in [0, 0.05) is 6.92 Å². The van der Waals surface area contributed by atoms with Crippen LogP contribution in [0.15, 0.2) is 29.2 Å². The number of hydrogen-bond acceptors (Lipinski definition) is 7. The number of imide groups is 1. The first-order chi connectivity index (χ1) is 12.3. The predicted molar refractivity (Wildman–Crippen MR) is 96.2 cm³/mol. The van der Waals surface area contributed by atoms with Crippen LogP contribution in [0.3, 0.4) is 0 Å². The zero-order valence-electron chi connectivity index (χ0n) is 14.7. The number of benzene rings is 1. The van der Waals surface area contributed by atoms with E-state index < -0.39 is 29.6 Å². The molecule has 0 spiro atoms.